The third-order valence-corrected chi connectivity index (χ3v) is 15.2. The summed E-state index contributed by atoms with van der Waals surface area (Å²) in [4.78, 5) is 4.76. The minimum atomic E-state index is 1.12. The molecule has 4 heteroatoms. The second-order valence-corrected chi connectivity index (χ2v) is 19.4. The van der Waals surface area contributed by atoms with Crippen LogP contribution in [0.5, 0.6) is 0 Å². The van der Waals surface area contributed by atoms with Crippen LogP contribution in [0.25, 0.3) is 98.4 Å². The van der Waals surface area contributed by atoms with Crippen molar-refractivity contribution in [3.05, 3.63) is 254 Å². The molecule has 0 amide bonds. The van der Waals surface area contributed by atoms with Crippen LogP contribution in [0.3, 0.4) is 0 Å². The van der Waals surface area contributed by atoms with Gasteiger partial charge in [0.2, 0.25) is 0 Å². The lowest BCUT2D eigenvalue weighted by molar-refractivity contribution is 1.28. The minimum Gasteiger partial charge on any atom is -0.310 e. The molecule has 72 heavy (non-hydrogen) atoms. The quantitative estimate of drug-likeness (QED) is 0.151. The molecule has 0 saturated heterocycles. The monoisotopic (exact) mass is 918 g/mol. The molecule has 15 aromatic rings. The van der Waals surface area contributed by atoms with Crippen LogP contribution in [0, 0.1) is 13.8 Å². The normalized spacial score (nSPS) is 12.0. The van der Waals surface area contributed by atoms with Gasteiger partial charge in [0.05, 0.1) is 33.1 Å². The molecule has 4 nitrogen and oxygen atoms in total. The Morgan fingerprint density at radius 1 is 0.264 bits per heavy atom. The second-order valence-electron chi connectivity index (χ2n) is 19.4. The largest absolute Gasteiger partial charge is 0.310 e. The molecule has 0 aliphatic heterocycles. The highest BCUT2D eigenvalue weighted by Gasteiger charge is 2.31. The molecule has 0 spiro atoms. The van der Waals surface area contributed by atoms with E-state index < -0.39 is 0 Å². The average molecular weight is 919 g/mol. The van der Waals surface area contributed by atoms with E-state index in [9.17, 15) is 0 Å². The fraction of sp³-hybridized carbons (Fsp3) is 0.0294. The van der Waals surface area contributed by atoms with E-state index in [2.05, 4.69) is 275 Å². The Labute approximate surface area is 416 Å². The van der Waals surface area contributed by atoms with Gasteiger partial charge in [0, 0.05) is 88.3 Å². The molecule has 4 aromatic heterocycles. The van der Waals surface area contributed by atoms with Gasteiger partial charge in [0.15, 0.2) is 0 Å². The van der Waals surface area contributed by atoms with Gasteiger partial charge < -0.3 is 18.6 Å². The lowest BCUT2D eigenvalue weighted by Crippen LogP contribution is -2.09. The third-order valence-electron chi connectivity index (χ3n) is 15.2. The third kappa shape index (κ3) is 5.81. The van der Waals surface area contributed by atoms with Crippen molar-refractivity contribution in [3.63, 3.8) is 0 Å². The molecule has 0 bridgehead atoms. The van der Waals surface area contributed by atoms with Crippen LogP contribution >= 0.6 is 0 Å². The SMILES string of the molecule is Cc1ccc(N(c2ccccc2)c2ccc3c(c2)c2cccc4c5c(-c6ccccc6)c6c(c(-c7ccccc7)c5n3c24)c2cccc3c4cc(N(c5ccccc5)c5ccc(C)cc5)ccc4n6c32)cc1. The van der Waals surface area contributed by atoms with E-state index in [-0.39, 0.29) is 0 Å². The zero-order valence-electron chi connectivity index (χ0n) is 39.9. The highest BCUT2D eigenvalue weighted by molar-refractivity contribution is 6.38. The Morgan fingerprint density at radius 3 is 0.986 bits per heavy atom. The summed E-state index contributed by atoms with van der Waals surface area (Å²) >= 11 is 0. The van der Waals surface area contributed by atoms with E-state index in [1.165, 1.54) is 110 Å². The van der Waals surface area contributed by atoms with Crippen LogP contribution in [-0.4, -0.2) is 8.80 Å². The van der Waals surface area contributed by atoms with E-state index in [1.54, 1.807) is 0 Å². The van der Waals surface area contributed by atoms with Crippen molar-refractivity contribution < 1.29 is 0 Å². The summed E-state index contributed by atoms with van der Waals surface area (Å²) in [5.74, 6) is 0. The van der Waals surface area contributed by atoms with E-state index in [1.807, 2.05) is 0 Å². The summed E-state index contributed by atoms with van der Waals surface area (Å²) in [6, 6.07) is 89.6. The summed E-state index contributed by atoms with van der Waals surface area (Å²) in [5.41, 5.74) is 21.5. The van der Waals surface area contributed by atoms with Crippen LogP contribution in [-0.2, 0) is 0 Å². The first-order chi connectivity index (χ1) is 35.6. The second kappa shape index (κ2) is 15.6. The molecular formula is C68H46N4. The summed E-state index contributed by atoms with van der Waals surface area (Å²) in [6.07, 6.45) is 0. The van der Waals surface area contributed by atoms with Crippen molar-refractivity contribution in [3.8, 4) is 22.3 Å². The molecule has 338 valence electrons. The molecule has 0 aliphatic rings. The van der Waals surface area contributed by atoms with Gasteiger partial charge in [-0.1, -0.05) is 169 Å². The number of benzene rings is 11. The number of nitrogens with zero attached hydrogens (tertiary/aromatic N) is 4. The molecule has 4 heterocycles. The number of aromatic nitrogens is 2. The van der Waals surface area contributed by atoms with Gasteiger partial charge in [-0.2, -0.15) is 0 Å². The lowest BCUT2D eigenvalue weighted by atomic mass is 9.89. The van der Waals surface area contributed by atoms with Crippen LogP contribution in [0.1, 0.15) is 11.1 Å². The van der Waals surface area contributed by atoms with Crippen molar-refractivity contribution in [1.82, 2.24) is 8.80 Å². The predicted molar refractivity (Wildman–Crippen MR) is 305 cm³/mol. The molecule has 0 N–H and O–H groups in total. The van der Waals surface area contributed by atoms with Crippen LogP contribution in [0.2, 0.25) is 0 Å². The average Bonchev–Trinajstić information content (AvgIpc) is 4.17. The standard InChI is InChI=1S/C68H46N4/c1-43-29-33-49(34-30-43)69(47-21-11-5-12-22-47)51-37-39-59-57(41-51)53-25-15-27-55-63-62(46-19-9-4-10-20-46)68-64(61(45-17-7-3-8-18-45)67(63)71(59)65(53)55)56-28-16-26-54-58-42-52(38-40-60(58)72(68)66(54)56)70(48-23-13-6-14-24-48)50-35-31-44(2)32-36-50/h3-42H,1-2H3. The first-order valence-corrected chi connectivity index (χ1v) is 24.9. The van der Waals surface area contributed by atoms with Crippen molar-refractivity contribution in [2.45, 2.75) is 13.8 Å². The molecular weight excluding hydrogens is 873 g/mol. The van der Waals surface area contributed by atoms with Crippen LogP contribution in [0.15, 0.2) is 243 Å². The number of hydrogen-bond acceptors (Lipinski definition) is 2. The van der Waals surface area contributed by atoms with Crippen LogP contribution < -0.4 is 9.80 Å². The maximum atomic E-state index is 2.61. The van der Waals surface area contributed by atoms with Gasteiger partial charge >= 0.3 is 0 Å². The summed E-state index contributed by atoms with van der Waals surface area (Å²) < 4.78 is 5.21. The molecule has 0 fully saturated rings. The van der Waals surface area contributed by atoms with Crippen molar-refractivity contribution in [1.29, 1.82) is 0 Å². The molecule has 0 atom stereocenters. The molecule has 0 aliphatic carbocycles. The first kappa shape index (κ1) is 40.5. The van der Waals surface area contributed by atoms with Gasteiger partial charge in [-0.3, -0.25) is 0 Å². The van der Waals surface area contributed by atoms with Gasteiger partial charge in [-0.25, -0.2) is 0 Å². The zero-order valence-corrected chi connectivity index (χ0v) is 39.9. The Hall–Kier alpha value is -9.38. The summed E-state index contributed by atoms with van der Waals surface area (Å²) in [6.45, 7) is 4.30. The fourth-order valence-electron chi connectivity index (χ4n) is 12.2. The number of aryl methyl sites for hydroxylation is 2. The van der Waals surface area contributed by atoms with Gasteiger partial charge in [-0.05, 0) is 110 Å². The topological polar surface area (TPSA) is 15.3 Å². The molecule has 0 unspecified atom stereocenters. The van der Waals surface area contributed by atoms with Crippen molar-refractivity contribution in [2.24, 2.45) is 0 Å². The fourth-order valence-corrected chi connectivity index (χ4v) is 12.2. The highest BCUT2D eigenvalue weighted by Crippen LogP contribution is 2.54. The maximum absolute atomic E-state index is 2.61. The maximum Gasteiger partial charge on any atom is 0.0634 e. The van der Waals surface area contributed by atoms with E-state index >= 15 is 0 Å². The molecule has 11 aromatic carbocycles. The number of rotatable bonds is 8. The van der Waals surface area contributed by atoms with Crippen molar-refractivity contribution >= 4 is 110 Å². The van der Waals surface area contributed by atoms with Gasteiger partial charge in [0.1, 0.15) is 0 Å². The molecule has 0 saturated carbocycles. The summed E-state index contributed by atoms with van der Waals surface area (Å²) in [5, 5.41) is 9.99. The number of anilines is 6. The highest BCUT2D eigenvalue weighted by atomic mass is 15.1. The van der Waals surface area contributed by atoms with E-state index in [0.717, 1.165) is 34.1 Å². The van der Waals surface area contributed by atoms with Gasteiger partial charge in [-0.15, -0.1) is 0 Å². The molecule has 0 radical (unpaired) electrons. The Morgan fingerprint density at radius 2 is 0.597 bits per heavy atom. The Bertz CT molecular complexity index is 4240. The Kier molecular flexibility index (Phi) is 8.75. The van der Waals surface area contributed by atoms with E-state index in [0.29, 0.717) is 0 Å². The summed E-state index contributed by atoms with van der Waals surface area (Å²) in [7, 11) is 0. The molecule has 15 rings (SSSR count). The lowest BCUT2D eigenvalue weighted by Gasteiger charge is -2.25. The smallest absolute Gasteiger partial charge is 0.0634 e. The van der Waals surface area contributed by atoms with Crippen LogP contribution in [0.4, 0.5) is 34.1 Å². The predicted octanol–water partition coefficient (Wildman–Crippen LogP) is 18.9. The minimum absolute atomic E-state index is 1.12. The number of para-hydroxylation sites is 4. The number of hydrogen-bond donors (Lipinski definition) is 0. The first-order valence-electron chi connectivity index (χ1n) is 24.9. The number of fused-ring (bicyclic) bond motifs is 12. The van der Waals surface area contributed by atoms with Gasteiger partial charge in [0.25, 0.3) is 0 Å². The van der Waals surface area contributed by atoms with Crippen molar-refractivity contribution in [2.75, 3.05) is 9.80 Å². The Balaban J connectivity index is 1.08. The van der Waals surface area contributed by atoms with E-state index in [4.69, 9.17) is 0 Å². The zero-order chi connectivity index (χ0) is 47.6.